The first-order valence-electron chi connectivity index (χ1n) is 4.32. The van der Waals surface area contributed by atoms with Crippen LogP contribution in [0.2, 0.25) is 0 Å². The van der Waals surface area contributed by atoms with Gasteiger partial charge in [-0.15, -0.1) is 11.8 Å². The minimum Gasteiger partial charge on any atom is -0.496 e. The van der Waals surface area contributed by atoms with Gasteiger partial charge >= 0.3 is 0 Å². The molecule has 78 valence electrons. The van der Waals surface area contributed by atoms with Gasteiger partial charge in [-0.3, -0.25) is 0 Å². The van der Waals surface area contributed by atoms with Gasteiger partial charge in [-0.2, -0.15) is 0 Å². The van der Waals surface area contributed by atoms with Crippen molar-refractivity contribution < 1.29 is 9.94 Å². The maximum atomic E-state index is 8.74. The van der Waals surface area contributed by atoms with Crippen molar-refractivity contribution in [3.8, 4) is 5.75 Å². The number of hydrogen-bond acceptors (Lipinski definition) is 4. The lowest BCUT2D eigenvalue weighted by atomic mass is 10.1. The van der Waals surface area contributed by atoms with E-state index in [1.54, 1.807) is 18.9 Å². The summed E-state index contributed by atoms with van der Waals surface area (Å²) < 4.78 is 5.31. The number of benzene rings is 1. The largest absolute Gasteiger partial charge is 0.496 e. The monoisotopic (exact) mass is 213 g/mol. The first-order chi connectivity index (χ1) is 6.74. The summed E-state index contributed by atoms with van der Waals surface area (Å²) in [5.41, 5.74) is 4.25. The van der Waals surface area contributed by atoms with Gasteiger partial charge in [0.15, 0.2) is 0 Å². The molecule has 3 nitrogen and oxygen atoms in total. The van der Waals surface area contributed by atoms with Gasteiger partial charge in [0.1, 0.15) is 5.75 Å². The van der Waals surface area contributed by atoms with Crippen LogP contribution in [0.3, 0.4) is 0 Å². The third-order valence-electron chi connectivity index (χ3n) is 2.09. The molecule has 0 unspecified atom stereocenters. The molecule has 1 aromatic rings. The Kier molecular flexibility index (Phi) is 4.25. The van der Waals surface area contributed by atoms with Crippen molar-refractivity contribution in [1.82, 2.24) is 5.48 Å². The molecule has 2 N–H and O–H groups in total. The first-order valence-corrected chi connectivity index (χ1v) is 5.54. The fourth-order valence-electron chi connectivity index (χ4n) is 1.45. The van der Waals surface area contributed by atoms with Crippen molar-refractivity contribution >= 4 is 11.8 Å². The Morgan fingerprint density at radius 2 is 2.21 bits per heavy atom. The molecular weight excluding hydrogens is 198 g/mol. The quantitative estimate of drug-likeness (QED) is 0.594. The van der Waals surface area contributed by atoms with E-state index < -0.39 is 0 Å². The maximum absolute atomic E-state index is 8.74. The fourth-order valence-corrected chi connectivity index (χ4v) is 2.06. The van der Waals surface area contributed by atoms with Gasteiger partial charge in [0, 0.05) is 10.5 Å². The van der Waals surface area contributed by atoms with Gasteiger partial charge in [-0.25, -0.2) is 5.48 Å². The Hall–Kier alpha value is -0.710. The number of hydrogen-bond donors (Lipinski definition) is 2. The highest BCUT2D eigenvalue weighted by Gasteiger charge is 2.10. The fraction of sp³-hybridized carbons (Fsp3) is 0.400. The third kappa shape index (κ3) is 2.20. The first kappa shape index (κ1) is 11.4. The van der Waals surface area contributed by atoms with Crippen LogP contribution >= 0.6 is 11.8 Å². The molecule has 14 heavy (non-hydrogen) atoms. The number of nitrogens with one attached hydrogen (secondary N) is 1. The topological polar surface area (TPSA) is 41.5 Å². The lowest BCUT2D eigenvalue weighted by molar-refractivity contribution is 0.159. The number of methoxy groups -OCH3 is 1. The van der Waals surface area contributed by atoms with Crippen molar-refractivity contribution in [2.24, 2.45) is 0 Å². The summed E-state index contributed by atoms with van der Waals surface area (Å²) in [5.74, 6) is 0.846. The summed E-state index contributed by atoms with van der Waals surface area (Å²) in [6.45, 7) is 2.39. The zero-order valence-electron chi connectivity index (χ0n) is 8.63. The van der Waals surface area contributed by atoms with Gasteiger partial charge in [-0.1, -0.05) is 6.07 Å². The molecule has 0 radical (unpaired) electrons. The Balaban J connectivity index is 3.21. The second-order valence-corrected chi connectivity index (χ2v) is 3.78. The van der Waals surface area contributed by atoms with E-state index in [-0.39, 0.29) is 0 Å². The van der Waals surface area contributed by atoms with E-state index in [9.17, 15) is 0 Å². The zero-order chi connectivity index (χ0) is 10.6. The average Bonchev–Trinajstić information content (AvgIpc) is 2.19. The lowest BCUT2D eigenvalue weighted by Crippen LogP contribution is -2.09. The predicted molar refractivity (Wildman–Crippen MR) is 58.1 cm³/mol. The van der Waals surface area contributed by atoms with Crippen LogP contribution in [0.25, 0.3) is 0 Å². The Morgan fingerprint density at radius 1 is 1.50 bits per heavy atom. The van der Waals surface area contributed by atoms with Crippen LogP contribution in [0, 0.1) is 6.92 Å². The Morgan fingerprint density at radius 3 is 2.71 bits per heavy atom. The van der Waals surface area contributed by atoms with Crippen LogP contribution in [0.1, 0.15) is 11.1 Å². The van der Waals surface area contributed by atoms with Gasteiger partial charge in [0.25, 0.3) is 0 Å². The third-order valence-corrected chi connectivity index (χ3v) is 2.92. The van der Waals surface area contributed by atoms with Crippen molar-refractivity contribution in [3.63, 3.8) is 0 Å². The van der Waals surface area contributed by atoms with Crippen LogP contribution in [0.4, 0.5) is 0 Å². The average molecular weight is 213 g/mol. The standard InChI is InChI=1S/C10H15NO2S/c1-7-4-5-9(14-3)8(6-11-12)10(7)13-2/h4-5,11-12H,6H2,1-3H3. The summed E-state index contributed by atoms with van der Waals surface area (Å²) >= 11 is 1.64. The van der Waals surface area contributed by atoms with Crippen LogP contribution < -0.4 is 10.2 Å². The molecule has 0 saturated heterocycles. The summed E-state index contributed by atoms with van der Waals surface area (Å²) in [5, 5.41) is 8.74. The second kappa shape index (κ2) is 5.24. The highest BCUT2D eigenvalue weighted by atomic mass is 32.2. The maximum Gasteiger partial charge on any atom is 0.127 e. The van der Waals surface area contributed by atoms with Gasteiger partial charge in [0.05, 0.1) is 13.7 Å². The second-order valence-electron chi connectivity index (χ2n) is 2.93. The molecule has 0 saturated carbocycles. The van der Waals surface area contributed by atoms with Crippen LogP contribution in [-0.4, -0.2) is 18.6 Å². The molecule has 0 aliphatic rings. The molecule has 0 aromatic heterocycles. The minimum absolute atomic E-state index is 0.404. The number of hydroxylamine groups is 1. The van der Waals surface area contributed by atoms with Crippen molar-refractivity contribution in [2.75, 3.05) is 13.4 Å². The molecule has 0 bridgehead atoms. The molecule has 1 aromatic carbocycles. The van der Waals surface area contributed by atoms with Crippen LogP contribution in [0.5, 0.6) is 5.75 Å². The van der Waals surface area contributed by atoms with E-state index in [2.05, 4.69) is 5.48 Å². The van der Waals surface area contributed by atoms with Crippen molar-refractivity contribution in [2.45, 2.75) is 18.4 Å². The van der Waals surface area contributed by atoms with Crippen molar-refractivity contribution in [1.29, 1.82) is 0 Å². The molecule has 0 spiro atoms. The molecule has 0 amide bonds. The molecule has 0 aliphatic carbocycles. The van der Waals surface area contributed by atoms with Gasteiger partial charge in [0.2, 0.25) is 0 Å². The summed E-state index contributed by atoms with van der Waals surface area (Å²) in [6.07, 6.45) is 2.00. The normalized spacial score (nSPS) is 10.3. The summed E-state index contributed by atoms with van der Waals surface area (Å²) in [4.78, 5) is 1.12. The molecule has 1 rings (SSSR count). The van der Waals surface area contributed by atoms with E-state index in [4.69, 9.17) is 9.94 Å². The Bertz CT molecular complexity index is 315. The van der Waals surface area contributed by atoms with E-state index in [0.29, 0.717) is 6.54 Å². The van der Waals surface area contributed by atoms with E-state index >= 15 is 0 Å². The highest BCUT2D eigenvalue weighted by molar-refractivity contribution is 7.98. The lowest BCUT2D eigenvalue weighted by Gasteiger charge is -2.14. The molecule has 0 heterocycles. The molecule has 4 heteroatoms. The molecule has 0 atom stereocenters. The number of ether oxygens (including phenoxy) is 1. The summed E-state index contributed by atoms with van der Waals surface area (Å²) in [6, 6.07) is 4.06. The molecule has 0 fully saturated rings. The number of rotatable bonds is 4. The minimum atomic E-state index is 0.404. The predicted octanol–water partition coefficient (Wildman–Crippen LogP) is 2.20. The smallest absolute Gasteiger partial charge is 0.127 e. The van der Waals surface area contributed by atoms with Crippen LogP contribution in [-0.2, 0) is 6.54 Å². The number of thioether (sulfide) groups is 1. The van der Waals surface area contributed by atoms with Gasteiger partial charge in [-0.05, 0) is 24.8 Å². The van der Waals surface area contributed by atoms with Gasteiger partial charge < -0.3 is 9.94 Å². The van der Waals surface area contributed by atoms with E-state index in [1.807, 2.05) is 25.3 Å². The number of aryl methyl sites for hydroxylation is 1. The van der Waals surface area contributed by atoms with Crippen molar-refractivity contribution in [3.05, 3.63) is 23.3 Å². The zero-order valence-corrected chi connectivity index (χ0v) is 9.44. The SMILES string of the molecule is COc1c(C)ccc(SC)c1CNO. The Labute approximate surface area is 88.4 Å². The highest BCUT2D eigenvalue weighted by Crippen LogP contribution is 2.31. The van der Waals surface area contributed by atoms with E-state index in [1.165, 1.54) is 0 Å². The van der Waals surface area contributed by atoms with Crippen LogP contribution in [0.15, 0.2) is 17.0 Å². The molecular formula is C10H15NO2S. The van der Waals surface area contributed by atoms with E-state index in [0.717, 1.165) is 21.8 Å². The summed E-state index contributed by atoms with van der Waals surface area (Å²) in [7, 11) is 1.65. The molecule has 0 aliphatic heterocycles.